The molecule has 3 heterocycles. The van der Waals surface area contributed by atoms with Crippen molar-refractivity contribution in [2.45, 2.75) is 72.4 Å². The van der Waals surface area contributed by atoms with Crippen LogP contribution in [-0.2, 0) is 30.7 Å². The number of H-pyrrole nitrogens is 1. The molecule has 0 saturated heterocycles. The second-order valence-corrected chi connectivity index (χ2v) is 10.5. The average molecular weight is 556 g/mol. The molecule has 5 rings (SSSR count). The predicted octanol–water partition coefficient (Wildman–Crippen LogP) is 7.15. The lowest BCUT2D eigenvalue weighted by Gasteiger charge is -2.21. The fourth-order valence-electron chi connectivity index (χ4n) is 5.34. The van der Waals surface area contributed by atoms with E-state index < -0.39 is 5.97 Å². The Bertz CT molecular complexity index is 1480. The molecule has 2 aromatic heterocycles. The zero-order chi connectivity index (χ0) is 28.6. The van der Waals surface area contributed by atoms with Crippen molar-refractivity contribution >= 4 is 16.9 Å². The van der Waals surface area contributed by atoms with Crippen molar-refractivity contribution in [3.05, 3.63) is 76.5 Å². The number of hydrogen-bond donors (Lipinski definition) is 2. The summed E-state index contributed by atoms with van der Waals surface area (Å²) >= 11 is 0. The fraction of sp³-hybridized carbons (Fsp3) is 0.412. The number of carbonyl (C=O) groups excluding carboxylic acids is 1. The SMILES string of the molecule is CCCCOc1nc(-c2ccc3c4c([nH]c3c2)CNCC4)c(CC)c(OCCCC)c1C(=O)OCc1ccccc1. The molecule has 41 heavy (non-hydrogen) atoms. The van der Waals surface area contributed by atoms with Gasteiger partial charge in [-0.2, -0.15) is 0 Å². The van der Waals surface area contributed by atoms with E-state index in [1.54, 1.807) is 0 Å². The number of unbranched alkanes of at least 4 members (excludes halogenated alkanes) is 2. The van der Waals surface area contributed by atoms with Crippen LogP contribution < -0.4 is 14.8 Å². The number of aromatic nitrogens is 2. The highest BCUT2D eigenvalue weighted by molar-refractivity contribution is 5.97. The van der Waals surface area contributed by atoms with Crippen LogP contribution in [0, 0.1) is 0 Å². The van der Waals surface area contributed by atoms with E-state index >= 15 is 0 Å². The third kappa shape index (κ3) is 6.41. The molecule has 2 aromatic carbocycles. The van der Waals surface area contributed by atoms with E-state index in [-0.39, 0.29) is 18.1 Å². The van der Waals surface area contributed by atoms with Gasteiger partial charge in [-0.1, -0.05) is 76.1 Å². The topological polar surface area (TPSA) is 85.5 Å². The van der Waals surface area contributed by atoms with E-state index in [9.17, 15) is 4.79 Å². The maximum atomic E-state index is 13.7. The molecular weight excluding hydrogens is 514 g/mol. The summed E-state index contributed by atoms with van der Waals surface area (Å²) in [7, 11) is 0. The number of esters is 1. The van der Waals surface area contributed by atoms with Gasteiger partial charge in [0.15, 0.2) is 5.56 Å². The summed E-state index contributed by atoms with van der Waals surface area (Å²) in [4.78, 5) is 22.3. The van der Waals surface area contributed by atoms with Gasteiger partial charge in [0.25, 0.3) is 0 Å². The molecule has 0 spiro atoms. The van der Waals surface area contributed by atoms with Crippen LogP contribution in [0.25, 0.3) is 22.2 Å². The Labute approximate surface area is 242 Å². The Morgan fingerprint density at radius 2 is 1.76 bits per heavy atom. The molecule has 0 fully saturated rings. The van der Waals surface area contributed by atoms with Crippen molar-refractivity contribution in [2.24, 2.45) is 0 Å². The molecule has 1 aliphatic heterocycles. The van der Waals surface area contributed by atoms with Crippen molar-refractivity contribution < 1.29 is 19.0 Å². The molecule has 0 amide bonds. The van der Waals surface area contributed by atoms with E-state index in [1.807, 2.05) is 30.3 Å². The van der Waals surface area contributed by atoms with Crippen molar-refractivity contribution in [1.29, 1.82) is 0 Å². The molecule has 216 valence electrons. The normalized spacial score (nSPS) is 12.8. The van der Waals surface area contributed by atoms with E-state index in [0.29, 0.717) is 25.4 Å². The highest BCUT2D eigenvalue weighted by Gasteiger charge is 2.29. The molecule has 1 aliphatic rings. The van der Waals surface area contributed by atoms with Gasteiger partial charge in [0.2, 0.25) is 5.88 Å². The lowest BCUT2D eigenvalue weighted by molar-refractivity contribution is 0.0461. The molecule has 0 radical (unpaired) electrons. The molecular formula is C34H41N3O4. The van der Waals surface area contributed by atoms with Gasteiger partial charge >= 0.3 is 5.97 Å². The number of aromatic amines is 1. The summed E-state index contributed by atoms with van der Waals surface area (Å²) in [6, 6.07) is 16.2. The molecule has 7 nitrogen and oxygen atoms in total. The highest BCUT2D eigenvalue weighted by Crippen LogP contribution is 2.40. The monoisotopic (exact) mass is 555 g/mol. The number of carbonyl (C=O) groups is 1. The minimum atomic E-state index is -0.486. The second-order valence-electron chi connectivity index (χ2n) is 10.5. The Morgan fingerprint density at radius 1 is 0.976 bits per heavy atom. The number of fused-ring (bicyclic) bond motifs is 3. The molecule has 0 saturated carbocycles. The van der Waals surface area contributed by atoms with E-state index in [4.69, 9.17) is 19.2 Å². The predicted molar refractivity (Wildman–Crippen MR) is 163 cm³/mol. The largest absolute Gasteiger partial charge is 0.492 e. The van der Waals surface area contributed by atoms with Crippen LogP contribution >= 0.6 is 0 Å². The lowest BCUT2D eigenvalue weighted by atomic mass is 9.98. The molecule has 0 bridgehead atoms. The maximum Gasteiger partial charge on any atom is 0.347 e. The molecule has 7 heteroatoms. The Kier molecular flexibility index (Phi) is 9.57. The van der Waals surface area contributed by atoms with Crippen molar-refractivity contribution in [3.8, 4) is 22.9 Å². The second kappa shape index (κ2) is 13.7. The number of rotatable bonds is 13. The van der Waals surface area contributed by atoms with Crippen LogP contribution in [0.5, 0.6) is 11.6 Å². The minimum Gasteiger partial charge on any atom is -0.492 e. The summed E-state index contributed by atoms with van der Waals surface area (Å²) in [5, 5.41) is 4.70. The Balaban J connectivity index is 1.60. The first-order valence-electron chi connectivity index (χ1n) is 15.0. The van der Waals surface area contributed by atoms with Gasteiger partial charge < -0.3 is 24.5 Å². The first-order chi connectivity index (χ1) is 20.1. The van der Waals surface area contributed by atoms with Crippen molar-refractivity contribution in [3.63, 3.8) is 0 Å². The molecule has 0 atom stereocenters. The van der Waals surface area contributed by atoms with E-state index in [0.717, 1.165) is 73.1 Å². The van der Waals surface area contributed by atoms with Crippen molar-refractivity contribution in [2.75, 3.05) is 19.8 Å². The summed E-state index contributed by atoms with van der Waals surface area (Å²) in [5.41, 5.74) is 7.54. The van der Waals surface area contributed by atoms with Crippen LogP contribution in [0.1, 0.15) is 79.2 Å². The Morgan fingerprint density at radius 3 is 2.51 bits per heavy atom. The quantitative estimate of drug-likeness (QED) is 0.135. The molecule has 0 unspecified atom stereocenters. The first-order valence-corrected chi connectivity index (χ1v) is 15.0. The van der Waals surface area contributed by atoms with Gasteiger partial charge in [-0.05, 0) is 49.4 Å². The number of ether oxygens (including phenoxy) is 3. The maximum absolute atomic E-state index is 13.7. The van der Waals surface area contributed by atoms with Crippen LogP contribution in [0.15, 0.2) is 48.5 Å². The summed E-state index contributed by atoms with van der Waals surface area (Å²) in [5.74, 6) is 0.302. The van der Waals surface area contributed by atoms with Gasteiger partial charge in [0, 0.05) is 34.3 Å². The summed E-state index contributed by atoms with van der Waals surface area (Å²) in [6.07, 6.45) is 5.33. The molecule has 2 N–H and O–H groups in total. The molecule has 0 aliphatic carbocycles. The zero-order valence-corrected chi connectivity index (χ0v) is 24.5. The van der Waals surface area contributed by atoms with Gasteiger partial charge in [0.05, 0.1) is 18.9 Å². The first kappa shape index (κ1) is 28.7. The third-order valence-electron chi connectivity index (χ3n) is 7.59. The minimum absolute atomic E-state index is 0.161. The molecule has 4 aromatic rings. The fourth-order valence-corrected chi connectivity index (χ4v) is 5.34. The average Bonchev–Trinajstić information content (AvgIpc) is 3.38. The van der Waals surface area contributed by atoms with Gasteiger partial charge in [0.1, 0.15) is 12.4 Å². The Hall–Kier alpha value is -3.84. The van der Waals surface area contributed by atoms with Crippen LogP contribution in [0.4, 0.5) is 0 Å². The standard InChI is InChI=1S/C34H41N3O4/c1-4-7-18-39-32-25(6-3)31(24-14-15-26-27-16-17-35-21-29(27)36-28(26)20-24)37-33(40-19-8-5-2)30(32)34(38)41-22-23-12-10-9-11-13-23/h9-15,20,35-36H,4-8,16-19,21-22H2,1-3H3. The van der Waals surface area contributed by atoms with E-state index in [2.05, 4.69) is 49.3 Å². The van der Waals surface area contributed by atoms with Gasteiger partial charge in [-0.3, -0.25) is 0 Å². The summed E-state index contributed by atoms with van der Waals surface area (Å²) in [6.45, 7) is 9.25. The van der Waals surface area contributed by atoms with Crippen LogP contribution in [-0.4, -0.2) is 35.7 Å². The van der Waals surface area contributed by atoms with Crippen LogP contribution in [0.2, 0.25) is 0 Å². The smallest absolute Gasteiger partial charge is 0.347 e. The van der Waals surface area contributed by atoms with Gasteiger partial charge in [-0.25, -0.2) is 9.78 Å². The number of benzene rings is 2. The summed E-state index contributed by atoms with van der Waals surface area (Å²) < 4.78 is 18.4. The zero-order valence-electron chi connectivity index (χ0n) is 24.5. The van der Waals surface area contributed by atoms with Crippen LogP contribution in [0.3, 0.4) is 0 Å². The van der Waals surface area contributed by atoms with Gasteiger partial charge in [-0.15, -0.1) is 0 Å². The third-order valence-corrected chi connectivity index (χ3v) is 7.59. The number of pyridine rings is 1. The van der Waals surface area contributed by atoms with Crippen molar-refractivity contribution in [1.82, 2.24) is 15.3 Å². The number of nitrogens with zero attached hydrogens (tertiary/aromatic N) is 1. The number of hydrogen-bond acceptors (Lipinski definition) is 6. The lowest BCUT2D eigenvalue weighted by Crippen LogP contribution is -2.22. The van der Waals surface area contributed by atoms with E-state index in [1.165, 1.54) is 16.6 Å². The number of nitrogens with one attached hydrogen (secondary N) is 2. The highest BCUT2D eigenvalue weighted by atomic mass is 16.5.